The molecular weight excluding hydrogens is 436 g/mol. The third-order valence-electron chi connectivity index (χ3n) is 4.63. The molecule has 0 saturated carbocycles. The molecule has 1 aromatic carbocycles. The SMILES string of the molecule is O=C(C=Cc1ccc(S(=O)(=O)N2CCOCC2)cc1)Nc1nc(-c2ccncc2)cs1. The normalized spacial score (nSPS) is 15.2. The lowest BCUT2D eigenvalue weighted by Gasteiger charge is -2.26. The van der Waals surface area contributed by atoms with Crippen molar-refractivity contribution in [3.05, 3.63) is 65.8 Å². The van der Waals surface area contributed by atoms with E-state index in [1.54, 1.807) is 42.7 Å². The van der Waals surface area contributed by atoms with Gasteiger partial charge in [-0.2, -0.15) is 4.31 Å². The molecule has 4 rings (SSSR count). The smallest absolute Gasteiger partial charge is 0.250 e. The molecular formula is C21H20N4O4S2. The second-order valence-electron chi connectivity index (χ2n) is 6.68. The van der Waals surface area contributed by atoms with E-state index in [9.17, 15) is 13.2 Å². The molecule has 160 valence electrons. The van der Waals surface area contributed by atoms with Gasteiger partial charge in [0.1, 0.15) is 0 Å². The highest BCUT2D eigenvalue weighted by molar-refractivity contribution is 7.89. The summed E-state index contributed by atoms with van der Waals surface area (Å²) in [7, 11) is -3.53. The maximum atomic E-state index is 12.7. The summed E-state index contributed by atoms with van der Waals surface area (Å²) < 4.78 is 31.9. The molecule has 3 heterocycles. The number of aromatic nitrogens is 2. The van der Waals surface area contributed by atoms with Gasteiger partial charge in [-0.15, -0.1) is 11.3 Å². The van der Waals surface area contributed by atoms with Gasteiger partial charge < -0.3 is 4.74 Å². The van der Waals surface area contributed by atoms with Crippen LogP contribution in [0.2, 0.25) is 0 Å². The number of morpholine rings is 1. The van der Waals surface area contributed by atoms with Crippen LogP contribution in [0.15, 0.2) is 65.1 Å². The van der Waals surface area contributed by atoms with Crippen LogP contribution in [-0.2, 0) is 19.6 Å². The predicted molar refractivity (Wildman–Crippen MR) is 119 cm³/mol. The molecule has 0 unspecified atom stereocenters. The van der Waals surface area contributed by atoms with Crippen LogP contribution in [0, 0.1) is 0 Å². The van der Waals surface area contributed by atoms with Crippen molar-refractivity contribution < 1.29 is 17.9 Å². The molecule has 8 nitrogen and oxygen atoms in total. The fourth-order valence-corrected chi connectivity index (χ4v) is 5.12. The molecule has 2 aromatic heterocycles. The Balaban J connectivity index is 1.37. The molecule has 1 aliphatic rings. The molecule has 0 aliphatic carbocycles. The molecule has 1 aliphatic heterocycles. The number of ether oxygens (including phenoxy) is 1. The number of anilines is 1. The maximum Gasteiger partial charge on any atom is 0.250 e. The summed E-state index contributed by atoms with van der Waals surface area (Å²) in [5, 5.41) is 5.09. The van der Waals surface area contributed by atoms with Crippen molar-refractivity contribution in [1.29, 1.82) is 0 Å². The second-order valence-corrected chi connectivity index (χ2v) is 9.48. The summed E-state index contributed by atoms with van der Waals surface area (Å²) in [6.07, 6.45) is 6.39. The van der Waals surface area contributed by atoms with Crippen LogP contribution >= 0.6 is 11.3 Å². The highest BCUT2D eigenvalue weighted by Crippen LogP contribution is 2.24. The molecule has 1 fully saturated rings. The first kappa shape index (κ1) is 21.3. The number of rotatable bonds is 6. The Kier molecular flexibility index (Phi) is 6.52. The minimum atomic E-state index is -3.53. The van der Waals surface area contributed by atoms with Crippen LogP contribution in [0.4, 0.5) is 5.13 Å². The third-order valence-corrected chi connectivity index (χ3v) is 7.30. The van der Waals surface area contributed by atoms with E-state index in [1.807, 2.05) is 17.5 Å². The van der Waals surface area contributed by atoms with Crippen molar-refractivity contribution in [1.82, 2.24) is 14.3 Å². The first-order chi connectivity index (χ1) is 15.0. The predicted octanol–water partition coefficient (Wildman–Crippen LogP) is 2.88. The highest BCUT2D eigenvalue weighted by Gasteiger charge is 2.25. The molecule has 0 atom stereocenters. The largest absolute Gasteiger partial charge is 0.379 e. The van der Waals surface area contributed by atoms with Crippen molar-refractivity contribution >= 4 is 38.5 Å². The fraction of sp³-hybridized carbons (Fsp3) is 0.190. The molecule has 0 bridgehead atoms. The number of pyridine rings is 1. The fourth-order valence-electron chi connectivity index (χ4n) is 2.99. The standard InChI is InChI=1S/C21H20N4O4S2/c26-20(24-21-23-19(15-30-21)17-7-9-22-10-8-17)6-3-16-1-4-18(5-2-16)31(27,28)25-11-13-29-14-12-25/h1-10,15H,11-14H2,(H,23,24,26). The van der Waals surface area contributed by atoms with Gasteiger partial charge in [0.25, 0.3) is 0 Å². The van der Waals surface area contributed by atoms with Crippen molar-refractivity contribution in [3.63, 3.8) is 0 Å². The molecule has 1 amide bonds. The Morgan fingerprint density at radius 1 is 1.10 bits per heavy atom. The van der Waals surface area contributed by atoms with Gasteiger partial charge in [0.05, 0.1) is 23.8 Å². The number of hydrogen-bond donors (Lipinski definition) is 1. The minimum absolute atomic E-state index is 0.224. The van der Waals surface area contributed by atoms with Gasteiger partial charge in [0.2, 0.25) is 15.9 Å². The number of amides is 1. The third kappa shape index (κ3) is 5.23. The molecule has 1 N–H and O–H groups in total. The lowest BCUT2D eigenvalue weighted by molar-refractivity contribution is -0.111. The van der Waals surface area contributed by atoms with Crippen LogP contribution in [0.25, 0.3) is 17.3 Å². The number of hydrogen-bond acceptors (Lipinski definition) is 7. The average Bonchev–Trinajstić information content (AvgIpc) is 3.27. The molecule has 31 heavy (non-hydrogen) atoms. The first-order valence-electron chi connectivity index (χ1n) is 9.55. The summed E-state index contributed by atoms with van der Waals surface area (Å²) >= 11 is 1.33. The number of thiazole rings is 1. The summed E-state index contributed by atoms with van der Waals surface area (Å²) in [5.74, 6) is -0.319. The zero-order chi connectivity index (χ0) is 21.7. The van der Waals surface area contributed by atoms with Gasteiger partial charge in [0.15, 0.2) is 5.13 Å². The van der Waals surface area contributed by atoms with E-state index in [0.29, 0.717) is 37.0 Å². The maximum absolute atomic E-state index is 12.7. The van der Waals surface area contributed by atoms with E-state index in [4.69, 9.17) is 4.74 Å². The van der Waals surface area contributed by atoms with Crippen LogP contribution in [0.5, 0.6) is 0 Å². The lowest BCUT2D eigenvalue weighted by Crippen LogP contribution is -2.40. The van der Waals surface area contributed by atoms with E-state index < -0.39 is 10.0 Å². The van der Waals surface area contributed by atoms with E-state index in [-0.39, 0.29) is 10.8 Å². The van der Waals surface area contributed by atoms with E-state index in [0.717, 1.165) is 11.3 Å². The van der Waals surface area contributed by atoms with Gasteiger partial charge in [-0.25, -0.2) is 13.4 Å². The number of sulfonamides is 1. The topological polar surface area (TPSA) is 101 Å². The molecule has 0 spiro atoms. The number of nitrogens with one attached hydrogen (secondary N) is 1. The van der Waals surface area contributed by atoms with Crippen LogP contribution < -0.4 is 5.32 Å². The Morgan fingerprint density at radius 2 is 1.81 bits per heavy atom. The van der Waals surface area contributed by atoms with Crippen LogP contribution in [-0.4, -0.2) is 54.9 Å². The number of carbonyl (C=O) groups is 1. The van der Waals surface area contributed by atoms with E-state index >= 15 is 0 Å². The van der Waals surface area contributed by atoms with Gasteiger partial charge in [-0.05, 0) is 35.9 Å². The Morgan fingerprint density at radius 3 is 2.52 bits per heavy atom. The molecule has 0 radical (unpaired) electrons. The molecule has 10 heteroatoms. The van der Waals surface area contributed by atoms with Gasteiger partial charge in [0, 0.05) is 42.5 Å². The van der Waals surface area contributed by atoms with Crippen LogP contribution in [0.1, 0.15) is 5.56 Å². The van der Waals surface area contributed by atoms with Crippen LogP contribution in [0.3, 0.4) is 0 Å². The summed E-state index contributed by atoms with van der Waals surface area (Å²) in [6, 6.07) is 10.1. The second kappa shape index (κ2) is 9.48. The van der Waals surface area contributed by atoms with Crippen molar-refractivity contribution in [2.24, 2.45) is 0 Å². The van der Waals surface area contributed by atoms with Gasteiger partial charge in [-0.1, -0.05) is 12.1 Å². The number of benzene rings is 1. The van der Waals surface area contributed by atoms with Crippen molar-refractivity contribution in [2.75, 3.05) is 31.6 Å². The van der Waals surface area contributed by atoms with Gasteiger partial charge in [-0.3, -0.25) is 15.1 Å². The first-order valence-corrected chi connectivity index (χ1v) is 11.9. The summed E-state index contributed by atoms with van der Waals surface area (Å²) in [4.78, 5) is 20.8. The van der Waals surface area contributed by atoms with Crippen molar-refractivity contribution in [2.45, 2.75) is 4.90 Å². The molecule has 1 saturated heterocycles. The van der Waals surface area contributed by atoms with Gasteiger partial charge >= 0.3 is 0 Å². The average molecular weight is 457 g/mol. The molecule has 3 aromatic rings. The Labute approximate surface area is 184 Å². The quantitative estimate of drug-likeness (QED) is 0.573. The van der Waals surface area contributed by atoms with E-state index in [1.165, 1.54) is 21.7 Å². The lowest BCUT2D eigenvalue weighted by atomic mass is 10.2. The van der Waals surface area contributed by atoms with Crippen molar-refractivity contribution in [3.8, 4) is 11.3 Å². The minimum Gasteiger partial charge on any atom is -0.379 e. The number of carbonyl (C=O) groups excluding carboxylic acids is 1. The highest BCUT2D eigenvalue weighted by atomic mass is 32.2. The summed E-state index contributed by atoms with van der Waals surface area (Å²) in [5.41, 5.74) is 2.41. The Hall–Kier alpha value is -2.92. The number of nitrogens with zero attached hydrogens (tertiary/aromatic N) is 3. The zero-order valence-electron chi connectivity index (χ0n) is 16.5. The zero-order valence-corrected chi connectivity index (χ0v) is 18.1. The summed E-state index contributed by atoms with van der Waals surface area (Å²) in [6.45, 7) is 1.50. The Bertz CT molecular complexity index is 1170. The van der Waals surface area contributed by atoms with E-state index in [2.05, 4.69) is 15.3 Å². The monoisotopic (exact) mass is 456 g/mol.